The van der Waals surface area contributed by atoms with E-state index in [-0.39, 0.29) is 30.0 Å². The fourth-order valence-corrected chi connectivity index (χ4v) is 5.57. The first-order valence-electron chi connectivity index (χ1n) is 11.4. The highest BCUT2D eigenvalue weighted by molar-refractivity contribution is 6.04. The second-order valence-corrected chi connectivity index (χ2v) is 9.13. The van der Waals surface area contributed by atoms with Crippen LogP contribution in [0.15, 0.2) is 78.9 Å². The third kappa shape index (κ3) is 4.48. The van der Waals surface area contributed by atoms with Crippen molar-refractivity contribution in [3.05, 3.63) is 107 Å². The number of fused-ring (bicyclic) bond motifs is 1. The molecule has 0 saturated carbocycles. The van der Waals surface area contributed by atoms with E-state index in [1.807, 2.05) is 36.4 Å². The van der Waals surface area contributed by atoms with Crippen molar-refractivity contribution < 1.29 is 14.3 Å². The van der Waals surface area contributed by atoms with E-state index >= 15 is 0 Å². The number of nitrogens with zero attached hydrogens (tertiary/aromatic N) is 1. The summed E-state index contributed by atoms with van der Waals surface area (Å²) in [6.45, 7) is 1.48. The molecule has 0 amide bonds. The number of likely N-dealkylation sites (tertiary alicyclic amines) is 1. The van der Waals surface area contributed by atoms with Gasteiger partial charge in [-0.05, 0) is 73.3 Å². The Balaban J connectivity index is 0.00000259. The van der Waals surface area contributed by atoms with Gasteiger partial charge < -0.3 is 5.11 Å². The van der Waals surface area contributed by atoms with E-state index < -0.39 is 11.5 Å². The van der Waals surface area contributed by atoms with E-state index in [1.165, 1.54) is 23.3 Å². The first kappa shape index (κ1) is 23.6. The molecule has 5 heteroatoms. The van der Waals surface area contributed by atoms with E-state index in [0.29, 0.717) is 24.8 Å². The highest BCUT2D eigenvalue weighted by Crippen LogP contribution is 2.40. The van der Waals surface area contributed by atoms with Gasteiger partial charge in [-0.25, -0.2) is 4.39 Å². The smallest absolute Gasteiger partial charge is 0.173 e. The van der Waals surface area contributed by atoms with Gasteiger partial charge in [-0.3, -0.25) is 9.69 Å². The molecule has 1 saturated heterocycles. The lowest BCUT2D eigenvalue weighted by molar-refractivity contribution is 0.0188. The van der Waals surface area contributed by atoms with Crippen LogP contribution in [0.25, 0.3) is 0 Å². The molecule has 2 aliphatic rings. The Bertz CT molecular complexity index is 1090. The van der Waals surface area contributed by atoms with Crippen molar-refractivity contribution in [1.82, 2.24) is 4.90 Å². The standard InChI is InChI=1S/C28H28FNO2.ClH/c29-24-12-10-20(11-13-24)27(32)28(23-8-2-1-3-9-23)14-16-30(17-15-28)25-18-21-6-4-5-7-22(21)19-26(25)31;/h1-13,25-26,31H,14-19H2;1H/t25-,26-;/m1./s1. The third-order valence-electron chi connectivity index (χ3n) is 7.41. The van der Waals surface area contributed by atoms with Crippen LogP contribution in [0.5, 0.6) is 0 Å². The molecule has 1 heterocycles. The Morgan fingerprint density at radius 1 is 0.848 bits per heavy atom. The summed E-state index contributed by atoms with van der Waals surface area (Å²) in [6.07, 6.45) is 2.47. The van der Waals surface area contributed by atoms with Gasteiger partial charge in [0.1, 0.15) is 5.82 Å². The SMILES string of the molecule is Cl.O=C(c1ccc(F)cc1)C1(c2ccccc2)CCN([C@@H]2Cc3ccccc3C[C@H]2O)CC1. The molecule has 3 aromatic carbocycles. The number of hydrogen-bond donors (Lipinski definition) is 1. The monoisotopic (exact) mass is 465 g/mol. The van der Waals surface area contributed by atoms with Crippen molar-refractivity contribution in [2.24, 2.45) is 0 Å². The van der Waals surface area contributed by atoms with Crippen LogP contribution in [0.3, 0.4) is 0 Å². The van der Waals surface area contributed by atoms with E-state index in [0.717, 1.165) is 25.1 Å². The van der Waals surface area contributed by atoms with Gasteiger partial charge in [0.2, 0.25) is 0 Å². The molecule has 33 heavy (non-hydrogen) atoms. The lowest BCUT2D eigenvalue weighted by Crippen LogP contribution is -2.55. The normalized spacial score (nSPS) is 22.1. The molecule has 2 atom stereocenters. The molecule has 0 spiro atoms. The van der Waals surface area contributed by atoms with Crippen molar-refractivity contribution in [2.45, 2.75) is 43.2 Å². The molecular formula is C28H29ClFNO2. The zero-order valence-electron chi connectivity index (χ0n) is 18.5. The Kier molecular flexibility index (Phi) is 6.99. The van der Waals surface area contributed by atoms with Crippen LogP contribution in [0.2, 0.25) is 0 Å². The summed E-state index contributed by atoms with van der Waals surface area (Å²) in [5, 5.41) is 10.9. The number of ketones is 1. The summed E-state index contributed by atoms with van der Waals surface area (Å²) >= 11 is 0. The predicted molar refractivity (Wildman–Crippen MR) is 131 cm³/mol. The number of halogens is 2. The fourth-order valence-electron chi connectivity index (χ4n) is 5.57. The maximum atomic E-state index is 13.8. The lowest BCUT2D eigenvalue weighted by atomic mass is 9.67. The average Bonchev–Trinajstić information content (AvgIpc) is 2.84. The number of rotatable bonds is 4. The number of aliphatic hydroxyl groups excluding tert-OH is 1. The molecule has 0 bridgehead atoms. The van der Waals surface area contributed by atoms with Gasteiger partial charge in [0, 0.05) is 18.0 Å². The molecule has 5 rings (SSSR count). The van der Waals surface area contributed by atoms with Gasteiger partial charge in [0.25, 0.3) is 0 Å². The number of carbonyl (C=O) groups is 1. The Morgan fingerprint density at radius 3 is 2.06 bits per heavy atom. The average molecular weight is 466 g/mol. The van der Waals surface area contributed by atoms with E-state index in [4.69, 9.17) is 0 Å². The maximum absolute atomic E-state index is 13.8. The summed E-state index contributed by atoms with van der Waals surface area (Å²) in [6, 6.07) is 24.3. The highest BCUT2D eigenvalue weighted by Gasteiger charge is 2.45. The maximum Gasteiger partial charge on any atom is 0.173 e. The minimum absolute atomic E-state index is 0. The molecule has 3 nitrogen and oxygen atoms in total. The zero-order valence-corrected chi connectivity index (χ0v) is 19.3. The summed E-state index contributed by atoms with van der Waals surface area (Å²) in [5.41, 5.74) is 3.48. The van der Waals surface area contributed by atoms with Crippen LogP contribution in [-0.2, 0) is 18.3 Å². The highest BCUT2D eigenvalue weighted by atomic mass is 35.5. The second kappa shape index (κ2) is 9.76. The molecule has 0 unspecified atom stereocenters. The first-order valence-corrected chi connectivity index (χ1v) is 11.4. The van der Waals surface area contributed by atoms with Crippen molar-refractivity contribution in [2.75, 3.05) is 13.1 Å². The van der Waals surface area contributed by atoms with E-state index in [1.54, 1.807) is 12.1 Å². The quantitative estimate of drug-likeness (QED) is 0.552. The van der Waals surface area contributed by atoms with Crippen molar-refractivity contribution >= 4 is 18.2 Å². The lowest BCUT2D eigenvalue weighted by Gasteiger charge is -2.46. The Labute approximate surface area is 200 Å². The summed E-state index contributed by atoms with van der Waals surface area (Å²) in [4.78, 5) is 16.1. The van der Waals surface area contributed by atoms with Crippen LogP contribution in [-0.4, -0.2) is 41.0 Å². The largest absolute Gasteiger partial charge is 0.391 e. The molecule has 1 fully saturated rings. The topological polar surface area (TPSA) is 40.5 Å². The number of aliphatic hydroxyl groups is 1. The molecule has 1 aliphatic carbocycles. The van der Waals surface area contributed by atoms with Gasteiger partial charge in [0.05, 0.1) is 11.5 Å². The Hall–Kier alpha value is -2.53. The Morgan fingerprint density at radius 2 is 1.42 bits per heavy atom. The molecule has 0 aromatic heterocycles. The van der Waals surface area contributed by atoms with Crippen LogP contribution in [0.1, 0.15) is 39.9 Å². The second-order valence-electron chi connectivity index (χ2n) is 9.13. The molecular weight excluding hydrogens is 437 g/mol. The molecule has 0 radical (unpaired) electrons. The van der Waals surface area contributed by atoms with Gasteiger partial charge >= 0.3 is 0 Å². The van der Waals surface area contributed by atoms with E-state index in [9.17, 15) is 14.3 Å². The molecule has 1 N–H and O–H groups in total. The van der Waals surface area contributed by atoms with Gasteiger partial charge in [-0.15, -0.1) is 12.4 Å². The van der Waals surface area contributed by atoms with Crippen LogP contribution < -0.4 is 0 Å². The van der Waals surface area contributed by atoms with Crippen LogP contribution >= 0.6 is 12.4 Å². The summed E-state index contributed by atoms with van der Waals surface area (Å²) < 4.78 is 13.5. The van der Waals surface area contributed by atoms with Gasteiger partial charge in [-0.1, -0.05) is 54.6 Å². The van der Waals surface area contributed by atoms with Gasteiger partial charge in [0.15, 0.2) is 5.78 Å². The number of carbonyl (C=O) groups excluding carboxylic acids is 1. The number of Topliss-reactive ketones (excluding diaryl/α,β-unsaturated/α-hetero) is 1. The minimum Gasteiger partial charge on any atom is -0.391 e. The third-order valence-corrected chi connectivity index (χ3v) is 7.41. The first-order chi connectivity index (χ1) is 15.6. The summed E-state index contributed by atoms with van der Waals surface area (Å²) in [5.74, 6) is -0.283. The number of benzene rings is 3. The molecule has 1 aliphatic heterocycles. The van der Waals surface area contributed by atoms with Gasteiger partial charge in [-0.2, -0.15) is 0 Å². The number of piperidine rings is 1. The number of hydrogen-bond acceptors (Lipinski definition) is 3. The van der Waals surface area contributed by atoms with Crippen molar-refractivity contribution in [3.63, 3.8) is 0 Å². The minimum atomic E-state index is -0.632. The van der Waals surface area contributed by atoms with Crippen molar-refractivity contribution in [3.8, 4) is 0 Å². The summed E-state index contributed by atoms with van der Waals surface area (Å²) in [7, 11) is 0. The van der Waals surface area contributed by atoms with Crippen LogP contribution in [0.4, 0.5) is 4.39 Å². The van der Waals surface area contributed by atoms with Crippen LogP contribution in [0, 0.1) is 5.82 Å². The predicted octanol–water partition coefficient (Wildman–Crippen LogP) is 4.99. The molecule has 172 valence electrons. The molecule has 3 aromatic rings. The fraction of sp³-hybridized carbons (Fsp3) is 0.321. The van der Waals surface area contributed by atoms with Crippen molar-refractivity contribution in [1.29, 1.82) is 0 Å². The zero-order chi connectivity index (χ0) is 22.1. The van der Waals surface area contributed by atoms with E-state index in [2.05, 4.69) is 23.1 Å².